The number of hydrogen-bond acceptors (Lipinski definition) is 5. The van der Waals surface area contributed by atoms with Crippen molar-refractivity contribution in [1.29, 1.82) is 0 Å². The molecule has 2 rings (SSSR count). The molecular weight excluding hydrogens is 420 g/mol. The summed E-state index contributed by atoms with van der Waals surface area (Å²) in [7, 11) is -1.14. The van der Waals surface area contributed by atoms with Gasteiger partial charge in [0.25, 0.3) is 0 Å². The van der Waals surface area contributed by atoms with E-state index in [-0.39, 0.29) is 0 Å². The smallest absolute Gasteiger partial charge is 0.407 e. The molecule has 0 aliphatic carbocycles. The molecule has 0 aliphatic rings. The van der Waals surface area contributed by atoms with Crippen molar-refractivity contribution in [3.05, 3.63) is 41.9 Å². The summed E-state index contributed by atoms with van der Waals surface area (Å²) >= 11 is 0. The largest absolute Gasteiger partial charge is 0.444 e. The first-order chi connectivity index (χ1) is 14.9. The van der Waals surface area contributed by atoms with Crippen LogP contribution in [0.2, 0.25) is 25.7 Å². The fourth-order valence-electron chi connectivity index (χ4n) is 2.87. The molecule has 0 spiro atoms. The minimum Gasteiger partial charge on any atom is -0.444 e. The molecule has 1 amide bonds. The Morgan fingerprint density at radius 1 is 1.25 bits per heavy atom. The number of nitrogens with two attached hydrogens (primary N) is 1. The number of nitrogen functional groups attached to an aromatic ring is 1. The number of aromatic amines is 1. The predicted octanol–water partition coefficient (Wildman–Crippen LogP) is 5.44. The lowest BCUT2D eigenvalue weighted by Crippen LogP contribution is -2.32. The van der Waals surface area contributed by atoms with Crippen molar-refractivity contribution in [2.24, 2.45) is 0 Å². The fourth-order valence-corrected chi connectivity index (χ4v) is 3.62. The molecule has 0 aliphatic heterocycles. The minimum absolute atomic E-state index is 0.413. The van der Waals surface area contributed by atoms with Crippen LogP contribution >= 0.6 is 0 Å². The number of aromatic nitrogens is 2. The number of imidazole rings is 1. The predicted molar refractivity (Wildman–Crippen MR) is 134 cm³/mol. The number of para-hydroxylation sites is 1. The van der Waals surface area contributed by atoms with Crippen molar-refractivity contribution < 1.29 is 14.3 Å². The zero-order chi connectivity index (χ0) is 23.8. The number of alkyl carbamates (subject to hydrolysis) is 1. The van der Waals surface area contributed by atoms with E-state index in [4.69, 9.17) is 20.2 Å². The maximum Gasteiger partial charge on any atom is 0.407 e. The summed E-state index contributed by atoms with van der Waals surface area (Å²) in [6, 6.07) is 8.82. The molecule has 0 saturated heterocycles. The third-order valence-corrected chi connectivity index (χ3v) is 6.21. The number of carbonyl (C=O) groups excluding carboxylic acids is 1. The normalized spacial score (nSPS) is 12.3. The number of anilines is 1. The van der Waals surface area contributed by atoms with Crippen molar-refractivity contribution in [2.45, 2.75) is 65.1 Å². The number of nitrogens with one attached hydrogen (secondary N) is 2. The number of H-pyrrole nitrogens is 1. The number of amides is 1. The topological polar surface area (TPSA) is 102 Å². The first-order valence-electron chi connectivity index (χ1n) is 11.1. The molecule has 176 valence electrons. The highest BCUT2D eigenvalue weighted by Gasteiger charge is 2.16. The molecule has 1 heterocycles. The third-order valence-electron chi connectivity index (χ3n) is 4.51. The molecule has 0 bridgehead atoms. The van der Waals surface area contributed by atoms with Crippen LogP contribution in [0.25, 0.3) is 17.3 Å². The highest BCUT2D eigenvalue weighted by atomic mass is 28.3. The van der Waals surface area contributed by atoms with Crippen LogP contribution in [0.3, 0.4) is 0 Å². The van der Waals surface area contributed by atoms with E-state index < -0.39 is 19.8 Å². The van der Waals surface area contributed by atoms with E-state index in [0.29, 0.717) is 25.3 Å². The van der Waals surface area contributed by atoms with Crippen LogP contribution in [0.1, 0.15) is 38.7 Å². The Morgan fingerprint density at radius 2 is 1.97 bits per heavy atom. The Bertz CT molecular complexity index is 911. The van der Waals surface area contributed by atoms with E-state index in [2.05, 4.69) is 29.9 Å². The zero-order valence-electron chi connectivity index (χ0n) is 20.2. The van der Waals surface area contributed by atoms with Gasteiger partial charge in [0.05, 0.1) is 18.0 Å². The van der Waals surface area contributed by atoms with Gasteiger partial charge in [-0.15, -0.1) is 0 Å². The highest BCUT2D eigenvalue weighted by molar-refractivity contribution is 6.76. The Balaban J connectivity index is 2.02. The lowest BCUT2D eigenvalue weighted by atomic mass is 10.1. The number of rotatable bonds is 10. The standard InChI is InChI=1S/C24H38N4O3Si/c1-24(2,3)31-23(29)26-14-10-9-13-21-27-20(17-30-15-16-32(4,5)6)22(28-21)18-11-7-8-12-19(18)25/h7-9,11-13H,10,14-17,25H2,1-6H3,(H,26,29)(H,27,28). The van der Waals surface area contributed by atoms with Crippen molar-refractivity contribution in [3.63, 3.8) is 0 Å². The van der Waals surface area contributed by atoms with Crippen LogP contribution in [0.5, 0.6) is 0 Å². The monoisotopic (exact) mass is 458 g/mol. The van der Waals surface area contributed by atoms with Crippen LogP contribution < -0.4 is 11.1 Å². The summed E-state index contributed by atoms with van der Waals surface area (Å²) in [5.41, 5.74) is 8.98. The average molecular weight is 459 g/mol. The van der Waals surface area contributed by atoms with E-state index in [0.717, 1.165) is 35.4 Å². The first-order valence-corrected chi connectivity index (χ1v) is 14.8. The summed E-state index contributed by atoms with van der Waals surface area (Å²) in [6.45, 7) is 14.2. The summed E-state index contributed by atoms with van der Waals surface area (Å²) in [4.78, 5) is 19.8. The first kappa shape index (κ1) is 25.7. The Labute approximate surface area is 192 Å². The second-order valence-corrected chi connectivity index (χ2v) is 15.6. The maximum absolute atomic E-state index is 11.7. The van der Waals surface area contributed by atoms with Crippen molar-refractivity contribution in [3.8, 4) is 11.3 Å². The lowest BCUT2D eigenvalue weighted by molar-refractivity contribution is 0.0529. The number of carbonyl (C=O) groups is 1. The summed E-state index contributed by atoms with van der Waals surface area (Å²) < 4.78 is 11.2. The Morgan fingerprint density at radius 3 is 2.62 bits per heavy atom. The molecule has 0 radical (unpaired) electrons. The van der Waals surface area contributed by atoms with Crippen LogP contribution in [0.15, 0.2) is 30.3 Å². The highest BCUT2D eigenvalue weighted by Crippen LogP contribution is 2.28. The van der Waals surface area contributed by atoms with Crippen molar-refractivity contribution >= 4 is 25.9 Å². The molecular formula is C24H38N4O3Si. The molecule has 8 heteroatoms. The number of hydrogen-bond donors (Lipinski definition) is 3. The lowest BCUT2D eigenvalue weighted by Gasteiger charge is -2.19. The van der Waals surface area contributed by atoms with Gasteiger partial charge in [0.1, 0.15) is 11.4 Å². The minimum atomic E-state index is -1.14. The van der Waals surface area contributed by atoms with Gasteiger partial charge in [-0.1, -0.05) is 43.9 Å². The van der Waals surface area contributed by atoms with Gasteiger partial charge in [-0.25, -0.2) is 9.78 Å². The zero-order valence-corrected chi connectivity index (χ0v) is 21.2. The van der Waals surface area contributed by atoms with Gasteiger partial charge in [0.15, 0.2) is 0 Å². The van der Waals surface area contributed by atoms with E-state index in [1.54, 1.807) is 0 Å². The van der Waals surface area contributed by atoms with Crippen LogP contribution in [-0.2, 0) is 16.1 Å². The SMILES string of the molecule is CC(C)(C)OC(=O)NCCC=Cc1nc(-c2ccccc2N)c(COCC[Si](C)(C)C)[nH]1. The molecule has 1 aromatic heterocycles. The molecule has 1 aromatic carbocycles. The number of benzene rings is 1. The average Bonchev–Trinajstić information content (AvgIpc) is 3.06. The third kappa shape index (κ3) is 9.28. The molecule has 0 saturated carbocycles. The summed E-state index contributed by atoms with van der Waals surface area (Å²) in [5.74, 6) is 0.726. The second kappa shape index (κ2) is 11.3. The summed E-state index contributed by atoms with van der Waals surface area (Å²) in [6.07, 6.45) is 4.11. The molecule has 4 N–H and O–H groups in total. The van der Waals surface area contributed by atoms with Gasteiger partial charge < -0.3 is 25.5 Å². The number of ether oxygens (including phenoxy) is 2. The molecule has 7 nitrogen and oxygen atoms in total. The Hall–Kier alpha value is -2.58. The van der Waals surface area contributed by atoms with E-state index in [1.807, 2.05) is 57.2 Å². The molecule has 0 fully saturated rings. The van der Waals surface area contributed by atoms with Crippen LogP contribution in [0, 0.1) is 0 Å². The van der Waals surface area contributed by atoms with Gasteiger partial charge in [-0.2, -0.15) is 0 Å². The fraction of sp³-hybridized carbons (Fsp3) is 0.500. The second-order valence-electron chi connectivity index (χ2n) is 10.0. The van der Waals surface area contributed by atoms with Gasteiger partial charge >= 0.3 is 6.09 Å². The van der Waals surface area contributed by atoms with Crippen molar-refractivity contribution in [2.75, 3.05) is 18.9 Å². The number of nitrogens with zero attached hydrogens (tertiary/aromatic N) is 1. The van der Waals surface area contributed by atoms with Gasteiger partial charge in [0, 0.05) is 32.5 Å². The van der Waals surface area contributed by atoms with E-state index in [1.165, 1.54) is 0 Å². The van der Waals surface area contributed by atoms with Crippen LogP contribution in [-0.4, -0.2) is 42.9 Å². The van der Waals surface area contributed by atoms with Gasteiger partial charge in [-0.3, -0.25) is 0 Å². The maximum atomic E-state index is 11.7. The van der Waals surface area contributed by atoms with Crippen LogP contribution in [0.4, 0.5) is 10.5 Å². The van der Waals surface area contributed by atoms with Crippen molar-refractivity contribution in [1.82, 2.24) is 15.3 Å². The van der Waals surface area contributed by atoms with Gasteiger partial charge in [0.2, 0.25) is 0 Å². The molecule has 2 aromatic rings. The Kier molecular flexibility index (Phi) is 9.09. The molecule has 32 heavy (non-hydrogen) atoms. The van der Waals surface area contributed by atoms with E-state index >= 15 is 0 Å². The quantitative estimate of drug-likeness (QED) is 0.250. The molecule has 0 unspecified atom stereocenters. The van der Waals surface area contributed by atoms with Gasteiger partial charge in [-0.05, 0) is 45.4 Å². The summed E-state index contributed by atoms with van der Waals surface area (Å²) in [5, 5.41) is 2.75. The molecule has 0 atom stereocenters. The van der Waals surface area contributed by atoms with E-state index in [9.17, 15) is 4.79 Å².